The number of nitrogens with zero attached hydrogens (tertiary/aromatic N) is 3. The Morgan fingerprint density at radius 1 is 1.19 bits per heavy atom. The van der Waals surface area contributed by atoms with Gasteiger partial charge in [-0.2, -0.15) is 9.37 Å². The molecule has 0 bridgehead atoms. The van der Waals surface area contributed by atoms with Gasteiger partial charge in [-0.05, 0) is 59.6 Å². The number of hydrogen-bond acceptors (Lipinski definition) is 6. The fourth-order valence-electron chi connectivity index (χ4n) is 2.96. The third-order valence-corrected chi connectivity index (χ3v) is 5.44. The van der Waals surface area contributed by atoms with Gasteiger partial charge in [-0.25, -0.2) is 4.98 Å². The fourth-order valence-corrected chi connectivity index (χ4v) is 3.93. The second kappa shape index (κ2) is 8.87. The van der Waals surface area contributed by atoms with Gasteiger partial charge in [0.1, 0.15) is 5.75 Å². The van der Waals surface area contributed by atoms with Gasteiger partial charge in [-0.1, -0.05) is 42.0 Å². The molecule has 4 rings (SSSR count). The number of carbonyl (C=O) groups is 2. The molecule has 0 spiro atoms. The minimum Gasteiger partial charge on any atom is -0.436 e. The molecular weight excluding hydrogens is 441 g/mol. The molecule has 3 aromatic rings. The number of aromatic nitrogens is 2. The highest BCUT2D eigenvalue weighted by atomic mass is 35.5. The summed E-state index contributed by atoms with van der Waals surface area (Å²) in [5, 5.41) is -0.474. The number of halogens is 2. The van der Waals surface area contributed by atoms with Crippen molar-refractivity contribution in [1.29, 1.82) is 0 Å². The van der Waals surface area contributed by atoms with Crippen LogP contribution in [0.3, 0.4) is 0 Å². The number of thioether (sulfide) groups is 1. The van der Waals surface area contributed by atoms with Crippen LogP contribution in [-0.4, -0.2) is 26.0 Å². The monoisotopic (exact) mass is 455 g/mol. The molecule has 31 heavy (non-hydrogen) atoms. The van der Waals surface area contributed by atoms with E-state index >= 15 is 0 Å². The highest BCUT2D eigenvalue weighted by Gasteiger charge is 2.35. The molecule has 1 aliphatic rings. The Bertz CT molecular complexity index is 1220. The Labute approximate surface area is 186 Å². The third-order valence-electron chi connectivity index (χ3n) is 4.35. The van der Waals surface area contributed by atoms with Gasteiger partial charge in [0.15, 0.2) is 0 Å². The van der Waals surface area contributed by atoms with Crippen LogP contribution < -0.4 is 4.74 Å². The lowest BCUT2D eigenvalue weighted by Crippen LogP contribution is -2.27. The van der Waals surface area contributed by atoms with Crippen LogP contribution in [0, 0.1) is 12.7 Å². The molecule has 0 aliphatic carbocycles. The predicted molar refractivity (Wildman–Crippen MR) is 116 cm³/mol. The first-order valence-electron chi connectivity index (χ1n) is 9.16. The molecule has 0 N–H and O–H groups in total. The van der Waals surface area contributed by atoms with Gasteiger partial charge in [0, 0.05) is 0 Å². The number of carbonyl (C=O) groups excluding carboxylic acids is 2. The zero-order valence-electron chi connectivity index (χ0n) is 16.2. The van der Waals surface area contributed by atoms with E-state index in [2.05, 4.69) is 9.97 Å². The number of hydrogen-bond donors (Lipinski definition) is 0. The molecule has 1 fully saturated rings. The molecule has 6 nitrogen and oxygen atoms in total. The van der Waals surface area contributed by atoms with E-state index in [-0.39, 0.29) is 28.9 Å². The van der Waals surface area contributed by atoms with Crippen molar-refractivity contribution in [3.63, 3.8) is 0 Å². The Kier molecular flexibility index (Phi) is 6.01. The standard InChI is InChI=1S/C22H15ClFN3O3S/c1-13-4-2-6-15(8-13)12-27-20(28)18(31-22(27)29)10-14-5-3-7-16(9-14)30-19-17(24)11-25-21(23)26-19/h2-11H,12H2,1H3/b18-10+. The number of benzene rings is 2. The van der Waals surface area contributed by atoms with E-state index in [1.807, 2.05) is 31.2 Å². The van der Waals surface area contributed by atoms with Gasteiger partial charge in [0.2, 0.25) is 11.1 Å². The summed E-state index contributed by atoms with van der Waals surface area (Å²) in [4.78, 5) is 33.9. The predicted octanol–water partition coefficient (Wildman–Crippen LogP) is 5.61. The molecule has 0 unspecified atom stereocenters. The second-order valence-electron chi connectivity index (χ2n) is 6.72. The number of ether oxygens (including phenoxy) is 1. The van der Waals surface area contributed by atoms with Crippen LogP contribution in [0.2, 0.25) is 5.28 Å². The number of imide groups is 1. The van der Waals surface area contributed by atoms with Crippen molar-refractivity contribution >= 4 is 40.6 Å². The highest BCUT2D eigenvalue weighted by molar-refractivity contribution is 8.18. The zero-order valence-corrected chi connectivity index (χ0v) is 17.8. The summed E-state index contributed by atoms with van der Waals surface area (Å²) < 4.78 is 19.3. The van der Waals surface area contributed by atoms with E-state index in [4.69, 9.17) is 16.3 Å². The van der Waals surface area contributed by atoms with E-state index in [1.54, 1.807) is 30.3 Å². The largest absolute Gasteiger partial charge is 0.436 e. The van der Waals surface area contributed by atoms with Crippen LogP contribution in [0.4, 0.5) is 9.18 Å². The van der Waals surface area contributed by atoms with E-state index in [0.717, 1.165) is 29.1 Å². The summed E-state index contributed by atoms with van der Waals surface area (Å²) in [6, 6.07) is 14.3. The van der Waals surface area contributed by atoms with Gasteiger partial charge >= 0.3 is 0 Å². The molecule has 1 aromatic heterocycles. The van der Waals surface area contributed by atoms with Crippen molar-refractivity contribution in [1.82, 2.24) is 14.9 Å². The molecule has 2 heterocycles. The van der Waals surface area contributed by atoms with E-state index in [1.165, 1.54) is 4.90 Å². The number of aryl methyl sites for hydroxylation is 1. The average Bonchev–Trinajstić information content (AvgIpc) is 2.98. The Balaban J connectivity index is 1.53. The maximum Gasteiger partial charge on any atom is 0.293 e. The smallest absolute Gasteiger partial charge is 0.293 e. The lowest BCUT2D eigenvalue weighted by molar-refractivity contribution is -0.123. The van der Waals surface area contributed by atoms with E-state index in [0.29, 0.717) is 16.2 Å². The maximum absolute atomic E-state index is 13.8. The van der Waals surface area contributed by atoms with Crippen LogP contribution in [0.1, 0.15) is 16.7 Å². The van der Waals surface area contributed by atoms with E-state index < -0.39 is 5.82 Å². The Hall–Kier alpha value is -3.23. The highest BCUT2D eigenvalue weighted by Crippen LogP contribution is 2.34. The summed E-state index contributed by atoms with van der Waals surface area (Å²) in [5.41, 5.74) is 2.54. The van der Waals surface area contributed by atoms with Gasteiger partial charge in [0.05, 0.1) is 17.6 Å². The van der Waals surface area contributed by atoms with Crippen molar-refractivity contribution < 1.29 is 18.7 Å². The Morgan fingerprint density at radius 2 is 2.00 bits per heavy atom. The summed E-state index contributed by atoms with van der Waals surface area (Å²) in [6.07, 6.45) is 2.51. The average molecular weight is 456 g/mol. The molecule has 156 valence electrons. The molecule has 2 amide bonds. The summed E-state index contributed by atoms with van der Waals surface area (Å²) >= 11 is 6.56. The first kappa shape index (κ1) is 21.0. The minimum absolute atomic E-state index is 0.144. The minimum atomic E-state index is -0.757. The van der Waals surface area contributed by atoms with Crippen molar-refractivity contribution in [2.45, 2.75) is 13.5 Å². The normalized spacial score (nSPS) is 15.1. The van der Waals surface area contributed by atoms with Crippen LogP contribution in [0.15, 0.2) is 59.6 Å². The van der Waals surface area contributed by atoms with E-state index in [9.17, 15) is 14.0 Å². The second-order valence-corrected chi connectivity index (χ2v) is 8.05. The molecule has 9 heteroatoms. The third kappa shape index (κ3) is 4.92. The Morgan fingerprint density at radius 3 is 2.81 bits per heavy atom. The van der Waals surface area contributed by atoms with Gasteiger partial charge in [-0.3, -0.25) is 14.5 Å². The molecule has 2 aromatic carbocycles. The zero-order chi connectivity index (χ0) is 22.0. The molecule has 1 aliphatic heterocycles. The lowest BCUT2D eigenvalue weighted by atomic mass is 10.1. The number of amides is 2. The van der Waals surface area contributed by atoms with Crippen molar-refractivity contribution in [2.24, 2.45) is 0 Å². The van der Waals surface area contributed by atoms with Crippen LogP contribution in [0.5, 0.6) is 11.6 Å². The first-order chi connectivity index (χ1) is 14.9. The lowest BCUT2D eigenvalue weighted by Gasteiger charge is -2.12. The van der Waals surface area contributed by atoms with Crippen LogP contribution >= 0.6 is 23.4 Å². The summed E-state index contributed by atoms with van der Waals surface area (Å²) in [7, 11) is 0. The first-order valence-corrected chi connectivity index (χ1v) is 10.4. The quantitative estimate of drug-likeness (QED) is 0.368. The number of rotatable bonds is 5. The van der Waals surface area contributed by atoms with Crippen LogP contribution in [0.25, 0.3) is 6.08 Å². The van der Waals surface area contributed by atoms with Crippen molar-refractivity contribution in [2.75, 3.05) is 0 Å². The van der Waals surface area contributed by atoms with Crippen LogP contribution in [-0.2, 0) is 11.3 Å². The maximum atomic E-state index is 13.8. The molecule has 0 saturated carbocycles. The topological polar surface area (TPSA) is 72.4 Å². The molecule has 0 radical (unpaired) electrons. The fraction of sp³-hybridized carbons (Fsp3) is 0.0909. The molecule has 0 atom stereocenters. The summed E-state index contributed by atoms with van der Waals surface area (Å²) in [6.45, 7) is 2.16. The molecule has 1 saturated heterocycles. The van der Waals surface area contributed by atoms with Gasteiger partial charge in [0.25, 0.3) is 17.0 Å². The summed E-state index contributed by atoms with van der Waals surface area (Å²) in [5.74, 6) is -1.14. The van der Waals surface area contributed by atoms with Gasteiger partial charge in [-0.15, -0.1) is 0 Å². The van der Waals surface area contributed by atoms with Gasteiger partial charge < -0.3 is 4.74 Å². The van der Waals surface area contributed by atoms with Crippen molar-refractivity contribution in [3.8, 4) is 11.6 Å². The molecular formula is C22H15ClFN3O3S. The SMILES string of the molecule is Cc1cccc(CN2C(=O)S/C(=C/c3cccc(Oc4nc(Cl)ncc4F)c3)C2=O)c1. The van der Waals surface area contributed by atoms with Crippen molar-refractivity contribution in [3.05, 3.63) is 87.4 Å².